The fourth-order valence-corrected chi connectivity index (χ4v) is 3.22. The van der Waals surface area contributed by atoms with Crippen molar-refractivity contribution in [2.24, 2.45) is 0 Å². The van der Waals surface area contributed by atoms with Crippen LogP contribution in [-0.2, 0) is 4.79 Å². The van der Waals surface area contributed by atoms with Gasteiger partial charge in [0.05, 0.1) is 10.7 Å². The van der Waals surface area contributed by atoms with E-state index >= 15 is 0 Å². The highest BCUT2D eigenvalue weighted by molar-refractivity contribution is 9.10. The largest absolute Gasteiger partial charge is 0.374 e. The molecule has 3 aromatic rings. The van der Waals surface area contributed by atoms with Crippen molar-refractivity contribution in [3.63, 3.8) is 0 Å². The number of anilines is 2. The number of thiazole rings is 1. The number of rotatable bonds is 5. The highest BCUT2D eigenvalue weighted by Crippen LogP contribution is 2.23. The molecule has 2 aromatic carbocycles. The second-order valence-electron chi connectivity index (χ2n) is 5.69. The van der Waals surface area contributed by atoms with Gasteiger partial charge in [0, 0.05) is 26.8 Å². The van der Waals surface area contributed by atoms with Crippen LogP contribution >= 0.6 is 27.3 Å². The zero-order chi connectivity index (χ0) is 17.8. The van der Waals surface area contributed by atoms with Crippen LogP contribution in [0.25, 0.3) is 11.3 Å². The first kappa shape index (κ1) is 17.6. The van der Waals surface area contributed by atoms with Gasteiger partial charge >= 0.3 is 0 Å². The van der Waals surface area contributed by atoms with Crippen LogP contribution in [0.15, 0.2) is 58.4 Å². The summed E-state index contributed by atoms with van der Waals surface area (Å²) < 4.78 is 0.979. The maximum atomic E-state index is 12.3. The standard InChI is InChI=1S/C19H18BrN3OS/c1-12(19(24)23-17-9-5-15(20)6-10-17)21-16-7-3-14(4-8-16)18-11-25-13(2)22-18/h3-12,21H,1-2H3,(H,23,24). The van der Waals surface area contributed by atoms with E-state index in [9.17, 15) is 4.79 Å². The van der Waals surface area contributed by atoms with Crippen molar-refractivity contribution in [3.8, 4) is 11.3 Å². The van der Waals surface area contributed by atoms with E-state index in [1.54, 1.807) is 11.3 Å². The number of hydrogen-bond acceptors (Lipinski definition) is 4. The van der Waals surface area contributed by atoms with Crippen molar-refractivity contribution in [1.29, 1.82) is 0 Å². The number of benzene rings is 2. The number of carbonyl (C=O) groups excluding carboxylic acids is 1. The highest BCUT2D eigenvalue weighted by Gasteiger charge is 2.13. The van der Waals surface area contributed by atoms with E-state index < -0.39 is 0 Å². The third-order valence-electron chi connectivity index (χ3n) is 3.69. The van der Waals surface area contributed by atoms with Gasteiger partial charge in [0.15, 0.2) is 0 Å². The van der Waals surface area contributed by atoms with Gasteiger partial charge in [0.1, 0.15) is 6.04 Å². The number of halogens is 1. The molecule has 2 N–H and O–H groups in total. The summed E-state index contributed by atoms with van der Waals surface area (Å²) in [6.07, 6.45) is 0. The van der Waals surface area contributed by atoms with E-state index in [0.29, 0.717) is 0 Å². The van der Waals surface area contributed by atoms with E-state index in [1.165, 1.54) is 0 Å². The normalized spacial score (nSPS) is 11.8. The van der Waals surface area contributed by atoms with Gasteiger partial charge < -0.3 is 10.6 Å². The van der Waals surface area contributed by atoms with Crippen molar-refractivity contribution in [2.45, 2.75) is 19.9 Å². The Morgan fingerprint density at radius 1 is 1.08 bits per heavy atom. The summed E-state index contributed by atoms with van der Waals surface area (Å²) >= 11 is 5.02. The molecular weight excluding hydrogens is 398 g/mol. The van der Waals surface area contributed by atoms with E-state index in [0.717, 1.165) is 32.1 Å². The first-order valence-electron chi connectivity index (χ1n) is 7.87. The number of nitrogens with zero attached hydrogens (tertiary/aromatic N) is 1. The van der Waals surface area contributed by atoms with Gasteiger partial charge in [-0.05, 0) is 50.2 Å². The summed E-state index contributed by atoms with van der Waals surface area (Å²) in [7, 11) is 0. The summed E-state index contributed by atoms with van der Waals surface area (Å²) in [5, 5.41) is 9.22. The Hall–Kier alpha value is -2.18. The Morgan fingerprint density at radius 2 is 1.72 bits per heavy atom. The Balaban J connectivity index is 1.61. The zero-order valence-electron chi connectivity index (χ0n) is 13.9. The van der Waals surface area contributed by atoms with Crippen LogP contribution in [-0.4, -0.2) is 16.9 Å². The molecule has 1 aromatic heterocycles. The fourth-order valence-electron chi connectivity index (χ4n) is 2.33. The molecule has 0 aliphatic heterocycles. The van der Waals surface area contributed by atoms with E-state index in [2.05, 4.69) is 31.5 Å². The second-order valence-corrected chi connectivity index (χ2v) is 7.67. The minimum atomic E-state index is -0.351. The monoisotopic (exact) mass is 415 g/mol. The molecule has 1 heterocycles. The lowest BCUT2D eigenvalue weighted by atomic mass is 10.1. The minimum absolute atomic E-state index is 0.0819. The summed E-state index contributed by atoms with van der Waals surface area (Å²) in [6, 6.07) is 15.1. The van der Waals surface area contributed by atoms with Crippen molar-refractivity contribution >= 4 is 44.5 Å². The van der Waals surface area contributed by atoms with Crippen molar-refractivity contribution in [2.75, 3.05) is 10.6 Å². The molecule has 0 aliphatic rings. The van der Waals surface area contributed by atoms with Crippen molar-refractivity contribution < 1.29 is 4.79 Å². The predicted molar refractivity (Wildman–Crippen MR) is 108 cm³/mol. The van der Waals surface area contributed by atoms with Crippen LogP contribution in [0.5, 0.6) is 0 Å². The molecule has 1 amide bonds. The third kappa shape index (κ3) is 4.67. The Bertz CT molecular complexity index is 859. The zero-order valence-corrected chi connectivity index (χ0v) is 16.3. The van der Waals surface area contributed by atoms with Crippen LogP contribution in [0.1, 0.15) is 11.9 Å². The van der Waals surface area contributed by atoms with Gasteiger partial charge in [-0.15, -0.1) is 11.3 Å². The van der Waals surface area contributed by atoms with Gasteiger partial charge in [-0.25, -0.2) is 4.98 Å². The molecule has 0 saturated carbocycles. The number of aryl methyl sites for hydroxylation is 1. The van der Waals surface area contributed by atoms with Gasteiger partial charge in [0.2, 0.25) is 5.91 Å². The molecule has 1 atom stereocenters. The van der Waals surface area contributed by atoms with Crippen LogP contribution in [0.2, 0.25) is 0 Å². The maximum Gasteiger partial charge on any atom is 0.246 e. The number of amides is 1. The Kier molecular flexibility index (Phi) is 5.50. The molecule has 128 valence electrons. The summed E-state index contributed by atoms with van der Waals surface area (Å²) in [5.41, 5.74) is 3.72. The Labute approximate surface area is 159 Å². The molecule has 0 spiro atoms. The first-order valence-corrected chi connectivity index (χ1v) is 9.54. The molecule has 3 rings (SSSR count). The minimum Gasteiger partial charge on any atom is -0.374 e. The number of hydrogen-bond donors (Lipinski definition) is 2. The first-order chi connectivity index (χ1) is 12.0. The van der Waals surface area contributed by atoms with Crippen LogP contribution < -0.4 is 10.6 Å². The summed E-state index contributed by atoms with van der Waals surface area (Å²) in [6.45, 7) is 3.84. The molecule has 0 radical (unpaired) electrons. The van der Waals surface area contributed by atoms with Crippen molar-refractivity contribution in [1.82, 2.24) is 4.98 Å². The molecule has 1 unspecified atom stereocenters. The number of aromatic nitrogens is 1. The molecule has 0 aliphatic carbocycles. The molecule has 0 saturated heterocycles. The fraction of sp³-hybridized carbons (Fsp3) is 0.158. The lowest BCUT2D eigenvalue weighted by molar-refractivity contribution is -0.116. The SMILES string of the molecule is Cc1nc(-c2ccc(NC(C)C(=O)Nc3ccc(Br)cc3)cc2)cs1. The van der Waals surface area contributed by atoms with E-state index in [4.69, 9.17) is 0 Å². The molecule has 25 heavy (non-hydrogen) atoms. The Morgan fingerprint density at radius 3 is 2.32 bits per heavy atom. The number of carbonyl (C=O) groups is 1. The predicted octanol–water partition coefficient (Wildman–Crippen LogP) is 5.32. The van der Waals surface area contributed by atoms with E-state index in [1.807, 2.05) is 67.8 Å². The van der Waals surface area contributed by atoms with Gasteiger partial charge in [-0.2, -0.15) is 0 Å². The molecular formula is C19H18BrN3OS. The van der Waals surface area contributed by atoms with Gasteiger partial charge in [-0.1, -0.05) is 28.1 Å². The lowest BCUT2D eigenvalue weighted by Crippen LogP contribution is -2.31. The molecule has 0 bridgehead atoms. The molecule has 4 nitrogen and oxygen atoms in total. The second kappa shape index (κ2) is 7.80. The number of nitrogens with one attached hydrogen (secondary N) is 2. The average Bonchev–Trinajstić information content (AvgIpc) is 3.04. The van der Waals surface area contributed by atoms with Crippen LogP contribution in [0, 0.1) is 6.92 Å². The average molecular weight is 416 g/mol. The smallest absolute Gasteiger partial charge is 0.246 e. The van der Waals surface area contributed by atoms with Crippen molar-refractivity contribution in [3.05, 3.63) is 63.4 Å². The maximum absolute atomic E-state index is 12.3. The van der Waals surface area contributed by atoms with Gasteiger partial charge in [-0.3, -0.25) is 4.79 Å². The quantitative estimate of drug-likeness (QED) is 0.592. The lowest BCUT2D eigenvalue weighted by Gasteiger charge is -2.15. The highest BCUT2D eigenvalue weighted by atomic mass is 79.9. The summed E-state index contributed by atoms with van der Waals surface area (Å²) in [4.78, 5) is 16.8. The third-order valence-corrected chi connectivity index (χ3v) is 4.99. The van der Waals surface area contributed by atoms with Crippen LogP contribution in [0.4, 0.5) is 11.4 Å². The van der Waals surface area contributed by atoms with Gasteiger partial charge in [0.25, 0.3) is 0 Å². The van der Waals surface area contributed by atoms with Crippen LogP contribution in [0.3, 0.4) is 0 Å². The topological polar surface area (TPSA) is 54.0 Å². The summed E-state index contributed by atoms with van der Waals surface area (Å²) in [5.74, 6) is -0.0819. The molecule has 0 fully saturated rings. The molecule has 6 heteroatoms. The van der Waals surface area contributed by atoms with E-state index in [-0.39, 0.29) is 11.9 Å².